The van der Waals surface area contributed by atoms with Crippen LogP contribution in [0.5, 0.6) is 5.75 Å². The van der Waals surface area contributed by atoms with E-state index in [-0.39, 0.29) is 5.56 Å². The highest BCUT2D eigenvalue weighted by atomic mass is 35.5. The highest BCUT2D eigenvalue weighted by molar-refractivity contribution is 6.30. The first-order chi connectivity index (χ1) is 14.1. The molecule has 2 aromatic heterocycles. The lowest BCUT2D eigenvalue weighted by Crippen LogP contribution is -2.47. The van der Waals surface area contributed by atoms with Gasteiger partial charge in [0.2, 0.25) is 0 Å². The molecule has 1 saturated heterocycles. The lowest BCUT2D eigenvalue weighted by atomic mass is 10.2. The van der Waals surface area contributed by atoms with Gasteiger partial charge in [0, 0.05) is 56.1 Å². The third kappa shape index (κ3) is 4.96. The van der Waals surface area contributed by atoms with Gasteiger partial charge in [0.15, 0.2) is 0 Å². The zero-order valence-electron chi connectivity index (χ0n) is 16.6. The van der Waals surface area contributed by atoms with Gasteiger partial charge in [-0.25, -0.2) is 4.98 Å². The standard InChI is InChI=1S/C22H25ClN4O2/c1-17-3-2-4-21-24-19(15-22(28)27(17)21)16-26-11-9-25(10-12-26)13-14-29-20-7-5-18(23)6-8-20/h2-8,15H,9-14,16H2,1H3. The van der Waals surface area contributed by atoms with Crippen LogP contribution in [0.2, 0.25) is 5.02 Å². The van der Waals surface area contributed by atoms with Crippen LogP contribution in [0.15, 0.2) is 53.3 Å². The average molecular weight is 413 g/mol. The Bertz CT molecular complexity index is 1030. The Morgan fingerprint density at radius 2 is 1.76 bits per heavy atom. The number of hydrogen-bond donors (Lipinski definition) is 0. The minimum absolute atomic E-state index is 0.0129. The second kappa shape index (κ2) is 8.95. The van der Waals surface area contributed by atoms with Gasteiger partial charge in [-0.05, 0) is 43.3 Å². The number of halogens is 1. The van der Waals surface area contributed by atoms with Crippen molar-refractivity contribution in [3.63, 3.8) is 0 Å². The highest BCUT2D eigenvalue weighted by Gasteiger charge is 2.18. The first-order valence-electron chi connectivity index (χ1n) is 9.90. The Balaban J connectivity index is 1.27. The first-order valence-corrected chi connectivity index (χ1v) is 10.3. The van der Waals surface area contributed by atoms with Crippen LogP contribution in [0.4, 0.5) is 0 Å². The maximum Gasteiger partial charge on any atom is 0.258 e. The molecular formula is C22H25ClN4O2. The lowest BCUT2D eigenvalue weighted by molar-refractivity contribution is 0.111. The fraction of sp³-hybridized carbons (Fsp3) is 0.364. The number of rotatable bonds is 6. The molecule has 0 atom stereocenters. The van der Waals surface area contributed by atoms with Crippen LogP contribution in [0.1, 0.15) is 11.4 Å². The van der Waals surface area contributed by atoms with E-state index in [1.807, 2.05) is 49.4 Å². The van der Waals surface area contributed by atoms with Crippen molar-refractivity contribution in [2.24, 2.45) is 0 Å². The fourth-order valence-electron chi connectivity index (χ4n) is 3.67. The smallest absolute Gasteiger partial charge is 0.258 e. The summed E-state index contributed by atoms with van der Waals surface area (Å²) in [4.78, 5) is 21.9. The molecule has 0 unspecified atom stereocenters. The topological polar surface area (TPSA) is 50.1 Å². The predicted molar refractivity (Wildman–Crippen MR) is 115 cm³/mol. The van der Waals surface area contributed by atoms with Gasteiger partial charge in [-0.3, -0.25) is 19.0 Å². The van der Waals surface area contributed by atoms with E-state index in [9.17, 15) is 4.79 Å². The van der Waals surface area contributed by atoms with Crippen LogP contribution in [0, 0.1) is 6.92 Å². The summed E-state index contributed by atoms with van der Waals surface area (Å²) in [5.74, 6) is 0.844. The third-order valence-corrected chi connectivity index (χ3v) is 5.53. The van der Waals surface area contributed by atoms with E-state index in [0.717, 1.165) is 49.9 Å². The quantitative estimate of drug-likeness (QED) is 0.623. The molecule has 3 heterocycles. The number of hydrogen-bond acceptors (Lipinski definition) is 5. The molecule has 0 radical (unpaired) electrons. The van der Waals surface area contributed by atoms with Gasteiger partial charge >= 0.3 is 0 Å². The van der Waals surface area contributed by atoms with Gasteiger partial charge in [0.25, 0.3) is 5.56 Å². The number of piperazine rings is 1. The van der Waals surface area contributed by atoms with Crippen molar-refractivity contribution >= 4 is 17.2 Å². The molecule has 0 spiro atoms. The number of nitrogens with zero attached hydrogens (tertiary/aromatic N) is 4. The molecule has 0 saturated carbocycles. The van der Waals surface area contributed by atoms with E-state index in [1.165, 1.54) is 0 Å². The first kappa shape index (κ1) is 19.9. The fourth-order valence-corrected chi connectivity index (χ4v) is 3.79. The molecule has 1 aromatic carbocycles. The summed E-state index contributed by atoms with van der Waals surface area (Å²) < 4.78 is 7.44. The molecule has 4 rings (SSSR count). The second-order valence-electron chi connectivity index (χ2n) is 7.37. The summed E-state index contributed by atoms with van der Waals surface area (Å²) in [6.45, 7) is 8.05. The van der Waals surface area contributed by atoms with E-state index < -0.39 is 0 Å². The summed E-state index contributed by atoms with van der Waals surface area (Å²) in [7, 11) is 0. The van der Waals surface area contributed by atoms with Gasteiger partial charge in [0.05, 0.1) is 5.69 Å². The van der Waals surface area contributed by atoms with E-state index in [0.29, 0.717) is 23.8 Å². The Hall–Kier alpha value is -2.41. The molecule has 0 aliphatic carbocycles. The maximum absolute atomic E-state index is 12.4. The van der Waals surface area contributed by atoms with Crippen LogP contribution in [-0.4, -0.2) is 58.5 Å². The largest absolute Gasteiger partial charge is 0.492 e. The number of fused-ring (bicyclic) bond motifs is 1. The predicted octanol–water partition coefficient (Wildman–Crippen LogP) is 2.85. The number of aromatic nitrogens is 2. The molecular weight excluding hydrogens is 388 g/mol. The van der Waals surface area contributed by atoms with Gasteiger partial charge < -0.3 is 4.74 Å². The van der Waals surface area contributed by atoms with Crippen molar-refractivity contribution in [1.82, 2.24) is 19.2 Å². The Kier molecular flexibility index (Phi) is 6.13. The summed E-state index contributed by atoms with van der Waals surface area (Å²) in [6.07, 6.45) is 0. The van der Waals surface area contributed by atoms with E-state index >= 15 is 0 Å². The monoisotopic (exact) mass is 412 g/mol. The average Bonchev–Trinajstić information content (AvgIpc) is 2.71. The number of ether oxygens (including phenoxy) is 1. The minimum Gasteiger partial charge on any atom is -0.492 e. The summed E-state index contributed by atoms with van der Waals surface area (Å²) in [5, 5.41) is 0.715. The number of aryl methyl sites for hydroxylation is 1. The number of pyridine rings is 1. The molecule has 1 aliphatic rings. The Morgan fingerprint density at radius 3 is 2.52 bits per heavy atom. The van der Waals surface area contributed by atoms with Crippen LogP contribution < -0.4 is 10.3 Å². The molecule has 0 amide bonds. The Morgan fingerprint density at radius 1 is 1.03 bits per heavy atom. The van der Waals surface area contributed by atoms with Crippen LogP contribution >= 0.6 is 11.6 Å². The SMILES string of the molecule is Cc1cccc2nc(CN3CCN(CCOc4ccc(Cl)cc4)CC3)cc(=O)n12. The minimum atomic E-state index is -0.0129. The molecule has 0 bridgehead atoms. The van der Waals surface area contributed by atoms with Crippen molar-refractivity contribution in [1.29, 1.82) is 0 Å². The molecule has 1 aliphatic heterocycles. The maximum atomic E-state index is 12.4. The van der Waals surface area contributed by atoms with Gasteiger partial charge in [-0.1, -0.05) is 17.7 Å². The number of benzene rings is 1. The summed E-state index contributed by atoms with van der Waals surface area (Å²) in [5.41, 5.74) is 2.44. The molecule has 152 valence electrons. The molecule has 29 heavy (non-hydrogen) atoms. The second-order valence-corrected chi connectivity index (χ2v) is 7.80. The summed E-state index contributed by atoms with van der Waals surface area (Å²) >= 11 is 5.89. The van der Waals surface area contributed by atoms with E-state index in [4.69, 9.17) is 16.3 Å². The van der Waals surface area contributed by atoms with Crippen LogP contribution in [0.3, 0.4) is 0 Å². The van der Waals surface area contributed by atoms with Crippen molar-refractivity contribution in [2.45, 2.75) is 13.5 Å². The van der Waals surface area contributed by atoms with Gasteiger partial charge in [-0.2, -0.15) is 0 Å². The van der Waals surface area contributed by atoms with Crippen molar-refractivity contribution in [3.8, 4) is 5.75 Å². The van der Waals surface area contributed by atoms with Crippen molar-refractivity contribution in [3.05, 3.63) is 75.3 Å². The van der Waals surface area contributed by atoms with E-state index in [2.05, 4.69) is 14.8 Å². The molecule has 0 N–H and O–H groups in total. The Labute approximate surface area is 175 Å². The molecule has 1 fully saturated rings. The normalized spacial score (nSPS) is 15.7. The molecule has 3 aromatic rings. The van der Waals surface area contributed by atoms with E-state index in [1.54, 1.807) is 10.5 Å². The lowest BCUT2D eigenvalue weighted by Gasteiger charge is -2.34. The zero-order chi connectivity index (χ0) is 20.2. The van der Waals surface area contributed by atoms with Crippen LogP contribution in [0.25, 0.3) is 5.65 Å². The van der Waals surface area contributed by atoms with Gasteiger partial charge in [0.1, 0.15) is 18.0 Å². The van der Waals surface area contributed by atoms with Crippen molar-refractivity contribution in [2.75, 3.05) is 39.3 Å². The highest BCUT2D eigenvalue weighted by Crippen LogP contribution is 2.15. The van der Waals surface area contributed by atoms with Crippen molar-refractivity contribution < 1.29 is 4.74 Å². The third-order valence-electron chi connectivity index (χ3n) is 5.27. The van der Waals surface area contributed by atoms with Gasteiger partial charge in [-0.15, -0.1) is 0 Å². The van der Waals surface area contributed by atoms with Crippen LogP contribution in [-0.2, 0) is 6.54 Å². The zero-order valence-corrected chi connectivity index (χ0v) is 17.3. The molecule has 6 nitrogen and oxygen atoms in total. The summed E-state index contributed by atoms with van der Waals surface area (Å²) in [6, 6.07) is 14.9. The molecule has 7 heteroatoms.